The maximum atomic E-state index is 11.7. The number of anilines is 1. The van der Waals surface area contributed by atoms with Crippen LogP contribution >= 0.6 is 11.6 Å². The van der Waals surface area contributed by atoms with Crippen LogP contribution in [0.25, 0.3) is 0 Å². The van der Waals surface area contributed by atoms with Crippen molar-refractivity contribution in [3.05, 3.63) is 32.8 Å². The van der Waals surface area contributed by atoms with Gasteiger partial charge in [0, 0.05) is 17.8 Å². The topological polar surface area (TPSA) is 84.3 Å². The Morgan fingerprint density at radius 3 is 2.79 bits per heavy atom. The molecule has 0 aromatic heterocycles. The summed E-state index contributed by atoms with van der Waals surface area (Å²) in [5.74, 6) is -0.181. The quantitative estimate of drug-likeness (QED) is 0.641. The van der Waals surface area contributed by atoms with Crippen LogP contribution in [0.5, 0.6) is 0 Å². The highest BCUT2D eigenvalue weighted by Crippen LogP contribution is 2.30. The number of amides is 1. The van der Waals surface area contributed by atoms with Crippen molar-refractivity contribution in [2.24, 2.45) is 0 Å². The minimum atomic E-state index is -0.546. The molecule has 0 bridgehead atoms. The molecule has 1 fully saturated rings. The zero-order valence-electron chi connectivity index (χ0n) is 10.4. The summed E-state index contributed by atoms with van der Waals surface area (Å²) in [6.45, 7) is 1.92. The summed E-state index contributed by atoms with van der Waals surface area (Å²) in [6, 6.07) is 3.21. The molecule has 0 heterocycles. The fraction of sp³-hybridized carbons (Fsp3) is 0.417. The van der Waals surface area contributed by atoms with Crippen LogP contribution in [-0.2, 0) is 4.79 Å². The maximum absolute atomic E-state index is 11.7. The molecule has 0 saturated heterocycles. The average Bonchev–Trinajstić information content (AvgIpc) is 3.14. The molecule has 19 heavy (non-hydrogen) atoms. The van der Waals surface area contributed by atoms with Gasteiger partial charge in [0.1, 0.15) is 5.02 Å². The van der Waals surface area contributed by atoms with Crippen molar-refractivity contribution in [2.45, 2.75) is 25.8 Å². The number of hydrogen-bond acceptors (Lipinski definition) is 4. The van der Waals surface area contributed by atoms with Crippen molar-refractivity contribution < 1.29 is 9.72 Å². The Bertz CT molecular complexity index is 529. The van der Waals surface area contributed by atoms with E-state index in [2.05, 4.69) is 10.6 Å². The SMILES string of the molecule is Cc1cc([N+](=O)[O-])c(Cl)cc1NC(=O)CNC1CC1. The Morgan fingerprint density at radius 2 is 2.21 bits per heavy atom. The van der Waals surface area contributed by atoms with Gasteiger partial charge in [-0.25, -0.2) is 0 Å². The van der Waals surface area contributed by atoms with Crippen LogP contribution in [0, 0.1) is 17.0 Å². The summed E-state index contributed by atoms with van der Waals surface area (Å²) >= 11 is 5.81. The van der Waals surface area contributed by atoms with Crippen molar-refractivity contribution >= 4 is 28.9 Å². The molecule has 1 saturated carbocycles. The number of nitrogens with one attached hydrogen (secondary N) is 2. The van der Waals surface area contributed by atoms with E-state index >= 15 is 0 Å². The van der Waals surface area contributed by atoms with E-state index in [0.717, 1.165) is 12.8 Å². The zero-order valence-corrected chi connectivity index (χ0v) is 11.2. The third kappa shape index (κ3) is 3.65. The normalized spacial score (nSPS) is 14.2. The van der Waals surface area contributed by atoms with Gasteiger partial charge in [0.15, 0.2) is 0 Å². The highest BCUT2D eigenvalue weighted by Gasteiger charge is 2.21. The van der Waals surface area contributed by atoms with Crippen molar-refractivity contribution in [2.75, 3.05) is 11.9 Å². The number of aryl methyl sites for hydroxylation is 1. The van der Waals surface area contributed by atoms with E-state index in [9.17, 15) is 14.9 Å². The van der Waals surface area contributed by atoms with Crippen molar-refractivity contribution in [1.29, 1.82) is 0 Å². The molecule has 0 radical (unpaired) electrons. The third-order valence-electron chi connectivity index (χ3n) is 2.89. The second-order valence-electron chi connectivity index (χ2n) is 4.58. The number of nitrogens with zero attached hydrogens (tertiary/aromatic N) is 1. The van der Waals surface area contributed by atoms with Gasteiger partial charge in [-0.15, -0.1) is 0 Å². The van der Waals surface area contributed by atoms with Crippen LogP contribution in [0.3, 0.4) is 0 Å². The van der Waals surface area contributed by atoms with Gasteiger partial charge < -0.3 is 10.6 Å². The van der Waals surface area contributed by atoms with Gasteiger partial charge in [-0.05, 0) is 31.4 Å². The van der Waals surface area contributed by atoms with E-state index in [1.54, 1.807) is 6.92 Å². The fourth-order valence-corrected chi connectivity index (χ4v) is 1.89. The second-order valence-corrected chi connectivity index (χ2v) is 4.99. The van der Waals surface area contributed by atoms with Gasteiger partial charge in [-0.3, -0.25) is 14.9 Å². The molecule has 0 unspecified atom stereocenters. The van der Waals surface area contributed by atoms with Crippen LogP contribution in [0.2, 0.25) is 5.02 Å². The number of benzene rings is 1. The lowest BCUT2D eigenvalue weighted by Crippen LogP contribution is -2.29. The molecular weight excluding hydrogens is 270 g/mol. The van der Waals surface area contributed by atoms with Gasteiger partial charge in [0.2, 0.25) is 5.91 Å². The molecule has 1 amide bonds. The Balaban J connectivity index is 2.04. The Hall–Kier alpha value is -1.66. The molecule has 7 heteroatoms. The minimum Gasteiger partial charge on any atom is -0.325 e. The van der Waals surface area contributed by atoms with Gasteiger partial charge in [-0.2, -0.15) is 0 Å². The summed E-state index contributed by atoms with van der Waals surface area (Å²) in [6.07, 6.45) is 2.21. The predicted octanol–water partition coefficient (Wildman–Crippen LogP) is 2.25. The summed E-state index contributed by atoms with van der Waals surface area (Å²) in [5.41, 5.74) is 0.947. The number of rotatable bonds is 5. The van der Waals surface area contributed by atoms with Gasteiger partial charge >= 0.3 is 0 Å². The Morgan fingerprint density at radius 1 is 1.53 bits per heavy atom. The molecule has 1 aliphatic rings. The van der Waals surface area contributed by atoms with E-state index < -0.39 is 4.92 Å². The first-order valence-corrected chi connectivity index (χ1v) is 6.33. The monoisotopic (exact) mass is 283 g/mol. The van der Waals surface area contributed by atoms with Gasteiger partial charge in [-0.1, -0.05) is 11.6 Å². The summed E-state index contributed by atoms with van der Waals surface area (Å²) in [7, 11) is 0. The molecule has 102 valence electrons. The molecule has 2 N–H and O–H groups in total. The van der Waals surface area contributed by atoms with Crippen LogP contribution in [0.15, 0.2) is 12.1 Å². The zero-order chi connectivity index (χ0) is 14.0. The largest absolute Gasteiger partial charge is 0.325 e. The standard InChI is InChI=1S/C12H14ClN3O3/c1-7-4-11(16(18)19)9(13)5-10(7)15-12(17)6-14-8-2-3-8/h4-5,8,14H,2-3,6H2,1H3,(H,15,17). The number of nitro groups is 1. The van der Waals surface area contributed by atoms with Crippen molar-refractivity contribution in [3.8, 4) is 0 Å². The third-order valence-corrected chi connectivity index (χ3v) is 3.20. The number of halogens is 1. The average molecular weight is 284 g/mol. The highest BCUT2D eigenvalue weighted by molar-refractivity contribution is 6.33. The van der Waals surface area contributed by atoms with Crippen molar-refractivity contribution in [1.82, 2.24) is 5.32 Å². The molecule has 0 aliphatic heterocycles. The Labute approximate surface area is 115 Å². The molecule has 6 nitrogen and oxygen atoms in total. The molecule has 1 aliphatic carbocycles. The lowest BCUT2D eigenvalue weighted by atomic mass is 10.1. The van der Waals surface area contributed by atoms with Gasteiger partial charge in [0.25, 0.3) is 5.69 Å². The lowest BCUT2D eigenvalue weighted by Gasteiger charge is -2.09. The van der Waals surface area contributed by atoms with Crippen LogP contribution in [-0.4, -0.2) is 23.4 Å². The predicted molar refractivity (Wildman–Crippen MR) is 72.5 cm³/mol. The second kappa shape index (κ2) is 5.54. The van der Waals surface area contributed by atoms with Crippen molar-refractivity contribution in [3.63, 3.8) is 0 Å². The minimum absolute atomic E-state index is 0.0149. The van der Waals surface area contributed by atoms with E-state index in [4.69, 9.17) is 11.6 Å². The smallest absolute Gasteiger partial charge is 0.288 e. The molecule has 0 atom stereocenters. The molecule has 0 spiro atoms. The van der Waals surface area contributed by atoms with E-state index in [0.29, 0.717) is 17.3 Å². The summed E-state index contributed by atoms with van der Waals surface area (Å²) < 4.78 is 0. The van der Waals surface area contributed by atoms with E-state index in [1.165, 1.54) is 12.1 Å². The number of hydrogen-bond donors (Lipinski definition) is 2. The fourth-order valence-electron chi connectivity index (χ4n) is 1.66. The number of nitro benzene ring substituents is 1. The maximum Gasteiger partial charge on any atom is 0.288 e. The van der Waals surface area contributed by atoms with Gasteiger partial charge in [0.05, 0.1) is 11.5 Å². The number of carbonyl (C=O) groups excluding carboxylic acids is 1. The molecule has 2 rings (SSSR count). The Kier molecular flexibility index (Phi) is 4.01. The number of carbonyl (C=O) groups is 1. The van der Waals surface area contributed by atoms with Crippen LogP contribution in [0.1, 0.15) is 18.4 Å². The molecule has 1 aromatic carbocycles. The summed E-state index contributed by atoms with van der Waals surface area (Å²) in [5, 5.41) is 16.5. The highest BCUT2D eigenvalue weighted by atomic mass is 35.5. The first-order chi connectivity index (χ1) is 8.97. The first kappa shape index (κ1) is 13.8. The lowest BCUT2D eigenvalue weighted by molar-refractivity contribution is -0.384. The van der Waals surface area contributed by atoms with E-state index in [1.807, 2.05) is 0 Å². The molecular formula is C12H14ClN3O3. The first-order valence-electron chi connectivity index (χ1n) is 5.95. The van der Waals surface area contributed by atoms with Crippen LogP contribution < -0.4 is 10.6 Å². The van der Waals surface area contributed by atoms with Crippen LogP contribution in [0.4, 0.5) is 11.4 Å². The summed E-state index contributed by atoms with van der Waals surface area (Å²) in [4.78, 5) is 21.8. The molecule has 1 aromatic rings. The van der Waals surface area contributed by atoms with E-state index in [-0.39, 0.29) is 23.2 Å².